The van der Waals surface area contributed by atoms with Crippen molar-refractivity contribution in [3.05, 3.63) is 64.9 Å². The molecule has 5 heteroatoms. The minimum atomic E-state index is -0.422. The first-order valence-electron chi connectivity index (χ1n) is 9.65. The maximum Gasteiger partial charge on any atom is 0.233 e. The van der Waals surface area contributed by atoms with Gasteiger partial charge in [-0.1, -0.05) is 36.2 Å². The summed E-state index contributed by atoms with van der Waals surface area (Å²) >= 11 is 6.47. The number of nitrogens with one attached hydrogen (secondary N) is 1. The molecule has 1 saturated heterocycles. The normalized spacial score (nSPS) is 21.4. The number of hydrogen-bond acceptors (Lipinski definition) is 2. The highest BCUT2D eigenvalue weighted by Crippen LogP contribution is 2.48. The lowest BCUT2D eigenvalue weighted by atomic mass is 9.63. The molecule has 1 aliphatic heterocycles. The minimum Gasteiger partial charge on any atom is -0.346 e. The number of carbonyl (C=O) groups is 1. The van der Waals surface area contributed by atoms with Crippen LogP contribution in [0.2, 0.25) is 5.02 Å². The number of likely N-dealkylation sites (tertiary alicyclic amines) is 1. The minimum absolute atomic E-state index is 0.252. The van der Waals surface area contributed by atoms with Crippen LogP contribution in [0.25, 0.3) is 11.0 Å². The largest absolute Gasteiger partial charge is 0.346 e. The molecular weight excluding hydrogens is 358 g/mol. The van der Waals surface area contributed by atoms with Crippen molar-refractivity contribution in [2.45, 2.75) is 37.0 Å². The number of rotatable bonds is 3. The lowest BCUT2D eigenvalue weighted by Gasteiger charge is -2.43. The molecule has 1 amide bonds. The lowest BCUT2D eigenvalue weighted by Crippen LogP contribution is -2.50. The van der Waals surface area contributed by atoms with Crippen LogP contribution in [-0.4, -0.2) is 33.9 Å². The van der Waals surface area contributed by atoms with Gasteiger partial charge in [-0.3, -0.25) is 4.79 Å². The summed E-state index contributed by atoms with van der Waals surface area (Å²) in [5, 5.41) is 1.88. The molecule has 2 aliphatic rings. The molecule has 1 aliphatic carbocycles. The Morgan fingerprint density at radius 3 is 2.85 bits per heavy atom. The number of hydrogen-bond donors (Lipinski definition) is 1. The highest BCUT2D eigenvalue weighted by atomic mass is 35.5. The number of aromatic amines is 1. The van der Waals surface area contributed by atoms with Crippen LogP contribution >= 0.6 is 11.6 Å². The molecule has 0 bridgehead atoms. The van der Waals surface area contributed by atoms with Crippen molar-refractivity contribution in [3.8, 4) is 0 Å². The third kappa shape index (κ3) is 2.58. The number of aromatic nitrogens is 2. The summed E-state index contributed by atoms with van der Waals surface area (Å²) < 4.78 is 0. The van der Waals surface area contributed by atoms with Gasteiger partial charge >= 0.3 is 0 Å². The van der Waals surface area contributed by atoms with E-state index in [0.29, 0.717) is 10.9 Å². The molecule has 2 aromatic heterocycles. The predicted octanol–water partition coefficient (Wildman–Crippen LogP) is 4.65. The second-order valence-electron chi connectivity index (χ2n) is 7.80. The van der Waals surface area contributed by atoms with Gasteiger partial charge in [0.15, 0.2) is 0 Å². The van der Waals surface area contributed by atoms with Crippen LogP contribution in [0.1, 0.15) is 42.7 Å². The van der Waals surface area contributed by atoms with Gasteiger partial charge < -0.3 is 9.88 Å². The third-order valence-electron chi connectivity index (χ3n) is 6.40. The standard InChI is InChI=1S/C22H22ClN3O/c23-19-7-2-1-6-18(19)22(9-4-10-22)21(27)26-12-8-15(14-26)17-13-25-20-16(17)5-3-11-24-20/h1-3,5-7,11,13,15H,4,8-10,12,14H2,(H,24,25). The zero-order valence-corrected chi connectivity index (χ0v) is 15.9. The number of nitrogens with zero attached hydrogens (tertiary/aromatic N) is 2. The first kappa shape index (κ1) is 16.8. The van der Waals surface area contributed by atoms with Gasteiger partial charge in [0.25, 0.3) is 0 Å². The molecule has 1 atom stereocenters. The van der Waals surface area contributed by atoms with Crippen molar-refractivity contribution < 1.29 is 4.79 Å². The van der Waals surface area contributed by atoms with E-state index in [0.717, 1.165) is 50.0 Å². The Labute approximate surface area is 163 Å². The summed E-state index contributed by atoms with van der Waals surface area (Å²) in [7, 11) is 0. The zero-order chi connectivity index (χ0) is 18.4. The Bertz CT molecular complexity index is 1010. The monoisotopic (exact) mass is 379 g/mol. The van der Waals surface area contributed by atoms with Crippen LogP contribution < -0.4 is 0 Å². The fourth-order valence-corrected chi connectivity index (χ4v) is 5.11. The van der Waals surface area contributed by atoms with E-state index in [1.54, 1.807) is 6.20 Å². The van der Waals surface area contributed by atoms with Gasteiger partial charge in [-0.2, -0.15) is 0 Å². The van der Waals surface area contributed by atoms with Crippen molar-refractivity contribution in [2.75, 3.05) is 13.1 Å². The second-order valence-corrected chi connectivity index (χ2v) is 8.20. The molecule has 5 rings (SSSR count). The average molecular weight is 380 g/mol. The molecule has 138 valence electrons. The van der Waals surface area contributed by atoms with E-state index in [2.05, 4.69) is 27.1 Å². The first-order valence-corrected chi connectivity index (χ1v) is 10.0. The number of pyridine rings is 1. The second kappa shape index (κ2) is 6.38. The van der Waals surface area contributed by atoms with Crippen LogP contribution in [-0.2, 0) is 10.2 Å². The van der Waals surface area contributed by atoms with Crippen LogP contribution in [0.15, 0.2) is 48.8 Å². The molecule has 1 N–H and O–H groups in total. The third-order valence-corrected chi connectivity index (χ3v) is 6.73. The number of carbonyl (C=O) groups excluding carboxylic acids is 1. The van der Waals surface area contributed by atoms with Crippen LogP contribution in [0, 0.1) is 0 Å². The highest BCUT2D eigenvalue weighted by Gasteiger charge is 2.49. The number of fused-ring (bicyclic) bond motifs is 1. The molecule has 0 radical (unpaired) electrons. The quantitative estimate of drug-likeness (QED) is 0.719. The van der Waals surface area contributed by atoms with Crippen molar-refractivity contribution in [2.24, 2.45) is 0 Å². The number of amides is 1. The van der Waals surface area contributed by atoms with Gasteiger partial charge in [0.2, 0.25) is 5.91 Å². The van der Waals surface area contributed by atoms with Crippen LogP contribution in [0.3, 0.4) is 0 Å². The van der Waals surface area contributed by atoms with Gasteiger partial charge in [0, 0.05) is 41.8 Å². The van der Waals surface area contributed by atoms with E-state index >= 15 is 0 Å². The van der Waals surface area contributed by atoms with E-state index < -0.39 is 5.41 Å². The summed E-state index contributed by atoms with van der Waals surface area (Å²) in [6, 6.07) is 11.9. The smallest absolute Gasteiger partial charge is 0.233 e. The fraction of sp³-hybridized carbons (Fsp3) is 0.364. The molecule has 3 heterocycles. The van der Waals surface area contributed by atoms with Crippen molar-refractivity contribution in [1.82, 2.24) is 14.9 Å². The highest BCUT2D eigenvalue weighted by molar-refractivity contribution is 6.31. The van der Waals surface area contributed by atoms with Crippen LogP contribution in [0.4, 0.5) is 0 Å². The van der Waals surface area contributed by atoms with Crippen molar-refractivity contribution in [1.29, 1.82) is 0 Å². The molecule has 27 heavy (non-hydrogen) atoms. The Hall–Kier alpha value is -2.33. The number of halogens is 1. The number of benzene rings is 1. The molecule has 4 nitrogen and oxygen atoms in total. The first-order chi connectivity index (χ1) is 13.2. The molecule has 3 aromatic rings. The predicted molar refractivity (Wildman–Crippen MR) is 107 cm³/mol. The maximum absolute atomic E-state index is 13.5. The Kier molecular flexibility index (Phi) is 3.97. The summed E-state index contributed by atoms with van der Waals surface area (Å²) in [4.78, 5) is 23.2. The molecule has 1 aromatic carbocycles. The van der Waals surface area contributed by atoms with Gasteiger partial charge in [-0.25, -0.2) is 4.98 Å². The average Bonchev–Trinajstić information content (AvgIpc) is 3.28. The summed E-state index contributed by atoms with van der Waals surface area (Å²) in [5.74, 6) is 0.609. The van der Waals surface area contributed by atoms with Gasteiger partial charge in [0.05, 0.1) is 5.41 Å². The Morgan fingerprint density at radius 2 is 2.07 bits per heavy atom. The van der Waals surface area contributed by atoms with Gasteiger partial charge in [-0.15, -0.1) is 0 Å². The molecule has 2 fully saturated rings. The van der Waals surface area contributed by atoms with E-state index in [9.17, 15) is 4.79 Å². The molecular formula is C22H22ClN3O. The van der Waals surface area contributed by atoms with E-state index in [4.69, 9.17) is 11.6 Å². The Morgan fingerprint density at radius 1 is 1.22 bits per heavy atom. The Balaban J connectivity index is 1.41. The SMILES string of the molecule is O=C(N1CCC(c2c[nH]c3ncccc23)C1)C1(c2ccccc2Cl)CCC1. The van der Waals surface area contributed by atoms with Gasteiger partial charge in [-0.05, 0) is 48.6 Å². The number of H-pyrrole nitrogens is 1. The summed E-state index contributed by atoms with van der Waals surface area (Å²) in [5.41, 5.74) is 2.77. The molecule has 0 spiro atoms. The fourth-order valence-electron chi connectivity index (χ4n) is 4.79. The maximum atomic E-state index is 13.5. The van der Waals surface area contributed by atoms with E-state index in [-0.39, 0.29) is 5.91 Å². The lowest BCUT2D eigenvalue weighted by molar-refractivity contribution is -0.139. The molecule has 1 saturated carbocycles. The summed E-state index contributed by atoms with van der Waals surface area (Å²) in [6.45, 7) is 1.58. The zero-order valence-electron chi connectivity index (χ0n) is 15.1. The van der Waals surface area contributed by atoms with E-state index in [1.807, 2.05) is 30.3 Å². The van der Waals surface area contributed by atoms with Crippen molar-refractivity contribution >= 4 is 28.5 Å². The molecule has 1 unspecified atom stereocenters. The van der Waals surface area contributed by atoms with Crippen molar-refractivity contribution in [3.63, 3.8) is 0 Å². The topological polar surface area (TPSA) is 49.0 Å². The van der Waals surface area contributed by atoms with Gasteiger partial charge in [0.1, 0.15) is 5.65 Å². The van der Waals surface area contributed by atoms with E-state index in [1.165, 1.54) is 10.9 Å². The van der Waals surface area contributed by atoms with Crippen LogP contribution in [0.5, 0.6) is 0 Å². The summed E-state index contributed by atoms with van der Waals surface area (Å²) in [6.07, 6.45) is 7.73.